The molecule has 0 unspecified atom stereocenters. The second-order valence-electron chi connectivity index (χ2n) is 5.88. The Kier molecular flexibility index (Phi) is 5.83. The van der Waals surface area contributed by atoms with E-state index in [9.17, 15) is 19.5 Å². The third kappa shape index (κ3) is 4.32. The summed E-state index contributed by atoms with van der Waals surface area (Å²) in [5.41, 5.74) is 2.08. The molecule has 0 bridgehead atoms. The zero-order valence-corrected chi connectivity index (χ0v) is 15.7. The SMILES string of the molecule is O=Cc1ccc(/C=C2\SC(=S)N([C@@H](Cc3ccccc3)C(=O)O)C2=O)cc1. The van der Waals surface area contributed by atoms with E-state index in [1.807, 2.05) is 30.3 Å². The number of benzene rings is 2. The van der Waals surface area contributed by atoms with Crippen molar-refractivity contribution in [2.45, 2.75) is 12.5 Å². The molecule has 7 heteroatoms. The van der Waals surface area contributed by atoms with Crippen LogP contribution in [-0.4, -0.2) is 38.5 Å². The molecule has 0 radical (unpaired) electrons. The van der Waals surface area contributed by atoms with Crippen molar-refractivity contribution in [1.82, 2.24) is 4.90 Å². The smallest absolute Gasteiger partial charge is 0.327 e. The highest BCUT2D eigenvalue weighted by atomic mass is 32.2. The van der Waals surface area contributed by atoms with E-state index >= 15 is 0 Å². The van der Waals surface area contributed by atoms with E-state index in [2.05, 4.69) is 0 Å². The van der Waals surface area contributed by atoms with Gasteiger partial charge in [0.25, 0.3) is 5.91 Å². The fraction of sp³-hybridized carbons (Fsp3) is 0.100. The lowest BCUT2D eigenvalue weighted by Crippen LogP contribution is -2.45. The molecule has 1 fully saturated rings. The first kappa shape index (κ1) is 19.0. The second kappa shape index (κ2) is 8.28. The van der Waals surface area contributed by atoms with Crippen LogP contribution in [0.3, 0.4) is 0 Å². The van der Waals surface area contributed by atoms with E-state index in [1.54, 1.807) is 30.3 Å². The summed E-state index contributed by atoms with van der Waals surface area (Å²) in [7, 11) is 0. The van der Waals surface area contributed by atoms with Crippen LogP contribution in [0.4, 0.5) is 0 Å². The normalized spacial score (nSPS) is 16.6. The molecule has 1 amide bonds. The molecule has 5 nitrogen and oxygen atoms in total. The maximum absolute atomic E-state index is 12.8. The Hall–Kier alpha value is -2.77. The van der Waals surface area contributed by atoms with Crippen molar-refractivity contribution in [3.05, 3.63) is 76.2 Å². The molecule has 2 aromatic rings. The van der Waals surface area contributed by atoms with Crippen LogP contribution < -0.4 is 0 Å². The maximum Gasteiger partial charge on any atom is 0.327 e. The average molecular weight is 397 g/mol. The minimum absolute atomic E-state index is 0.171. The molecule has 0 saturated carbocycles. The summed E-state index contributed by atoms with van der Waals surface area (Å²) >= 11 is 6.36. The van der Waals surface area contributed by atoms with E-state index in [4.69, 9.17) is 12.2 Å². The van der Waals surface area contributed by atoms with Crippen LogP contribution in [0.1, 0.15) is 21.5 Å². The van der Waals surface area contributed by atoms with Gasteiger partial charge in [0, 0.05) is 12.0 Å². The number of hydrogen-bond acceptors (Lipinski definition) is 5. The van der Waals surface area contributed by atoms with Crippen molar-refractivity contribution >= 4 is 52.5 Å². The van der Waals surface area contributed by atoms with Crippen LogP contribution in [0.25, 0.3) is 6.08 Å². The predicted octanol–water partition coefficient (Wildman–Crippen LogP) is 3.40. The van der Waals surface area contributed by atoms with E-state index in [-0.39, 0.29) is 10.7 Å². The van der Waals surface area contributed by atoms with Gasteiger partial charge in [-0.1, -0.05) is 78.6 Å². The number of thiocarbonyl (C=S) groups is 1. The van der Waals surface area contributed by atoms with Gasteiger partial charge in [0.2, 0.25) is 0 Å². The summed E-state index contributed by atoms with van der Waals surface area (Å²) in [6.45, 7) is 0. The van der Waals surface area contributed by atoms with Gasteiger partial charge in [-0.05, 0) is 17.2 Å². The van der Waals surface area contributed by atoms with E-state index in [0.717, 1.165) is 29.2 Å². The zero-order valence-electron chi connectivity index (χ0n) is 14.1. The Balaban J connectivity index is 1.85. The van der Waals surface area contributed by atoms with Crippen molar-refractivity contribution in [2.75, 3.05) is 0 Å². The molecule has 1 N–H and O–H groups in total. The molecule has 1 heterocycles. The maximum atomic E-state index is 12.8. The molecular formula is C20H15NO4S2. The topological polar surface area (TPSA) is 74.7 Å². The molecule has 0 aliphatic carbocycles. The number of rotatable bonds is 6. The van der Waals surface area contributed by atoms with Gasteiger partial charge >= 0.3 is 5.97 Å². The molecule has 1 saturated heterocycles. The highest BCUT2D eigenvalue weighted by Gasteiger charge is 2.40. The lowest BCUT2D eigenvalue weighted by Gasteiger charge is -2.23. The third-order valence-electron chi connectivity index (χ3n) is 4.06. The second-order valence-corrected chi connectivity index (χ2v) is 7.56. The summed E-state index contributed by atoms with van der Waals surface area (Å²) in [4.78, 5) is 36.9. The van der Waals surface area contributed by atoms with Crippen molar-refractivity contribution in [3.8, 4) is 0 Å². The van der Waals surface area contributed by atoms with Gasteiger partial charge in [-0.15, -0.1) is 0 Å². The quantitative estimate of drug-likeness (QED) is 0.458. The zero-order chi connectivity index (χ0) is 19.4. The summed E-state index contributed by atoms with van der Waals surface area (Å²) in [5.74, 6) is -1.53. The van der Waals surface area contributed by atoms with Gasteiger partial charge in [0.1, 0.15) is 16.6 Å². The third-order valence-corrected chi connectivity index (χ3v) is 5.39. The Morgan fingerprint density at radius 1 is 1.11 bits per heavy atom. The fourth-order valence-corrected chi connectivity index (χ4v) is 4.05. The van der Waals surface area contributed by atoms with Crippen molar-refractivity contribution in [1.29, 1.82) is 0 Å². The van der Waals surface area contributed by atoms with Gasteiger partial charge in [-0.3, -0.25) is 14.5 Å². The van der Waals surface area contributed by atoms with Gasteiger partial charge in [0.15, 0.2) is 0 Å². The predicted molar refractivity (Wildman–Crippen MR) is 108 cm³/mol. The molecule has 136 valence electrons. The van der Waals surface area contributed by atoms with E-state index < -0.39 is 17.9 Å². The molecule has 27 heavy (non-hydrogen) atoms. The van der Waals surface area contributed by atoms with Gasteiger partial charge in [0.05, 0.1) is 4.91 Å². The van der Waals surface area contributed by atoms with Gasteiger partial charge in [-0.2, -0.15) is 0 Å². The number of amides is 1. The van der Waals surface area contributed by atoms with Gasteiger partial charge < -0.3 is 5.11 Å². The van der Waals surface area contributed by atoms with Crippen molar-refractivity contribution < 1.29 is 19.5 Å². The number of carbonyl (C=O) groups is 3. The number of thioether (sulfide) groups is 1. The molecule has 1 aliphatic rings. The number of aliphatic carboxylic acids is 1. The molecule has 3 rings (SSSR count). The summed E-state index contributed by atoms with van der Waals surface area (Å²) in [5, 5.41) is 9.65. The number of carboxylic acid groups (broad SMARTS) is 1. The molecule has 0 aromatic heterocycles. The Bertz CT molecular complexity index is 923. The van der Waals surface area contributed by atoms with Gasteiger partial charge in [-0.25, -0.2) is 4.79 Å². The summed E-state index contributed by atoms with van der Waals surface area (Å²) in [6.07, 6.45) is 2.56. The average Bonchev–Trinajstić information content (AvgIpc) is 2.94. The van der Waals surface area contributed by atoms with Crippen LogP contribution in [0.15, 0.2) is 59.5 Å². The molecule has 2 aromatic carbocycles. The summed E-state index contributed by atoms with van der Waals surface area (Å²) in [6, 6.07) is 14.8. The van der Waals surface area contributed by atoms with E-state index in [0.29, 0.717) is 10.5 Å². The lowest BCUT2D eigenvalue weighted by atomic mass is 10.0. The lowest BCUT2D eigenvalue weighted by molar-refractivity contribution is -0.145. The first-order chi connectivity index (χ1) is 13.0. The monoisotopic (exact) mass is 397 g/mol. The Morgan fingerprint density at radius 3 is 2.33 bits per heavy atom. The van der Waals surface area contributed by atoms with Crippen LogP contribution in [0, 0.1) is 0 Å². The molecule has 0 spiro atoms. The highest BCUT2D eigenvalue weighted by Crippen LogP contribution is 2.34. The minimum atomic E-state index is -1.10. The molecule has 1 aliphatic heterocycles. The number of nitrogens with zero attached hydrogens (tertiary/aromatic N) is 1. The molecular weight excluding hydrogens is 382 g/mol. The van der Waals surface area contributed by atoms with Crippen LogP contribution in [0.5, 0.6) is 0 Å². The largest absolute Gasteiger partial charge is 0.480 e. The van der Waals surface area contributed by atoms with Crippen molar-refractivity contribution in [3.63, 3.8) is 0 Å². The Morgan fingerprint density at radius 2 is 1.74 bits per heavy atom. The van der Waals surface area contributed by atoms with Crippen LogP contribution >= 0.6 is 24.0 Å². The highest BCUT2D eigenvalue weighted by molar-refractivity contribution is 8.26. The standard InChI is InChI=1S/C20H15NO4S2/c22-12-15-8-6-14(7-9-15)11-17-18(23)21(20(26)27-17)16(19(24)25)10-13-4-2-1-3-5-13/h1-9,11-12,16H,10H2,(H,24,25)/b17-11-/t16-/m0/s1. The first-order valence-electron chi connectivity index (χ1n) is 8.08. The fourth-order valence-electron chi connectivity index (χ4n) is 2.70. The van der Waals surface area contributed by atoms with Crippen LogP contribution in [0.2, 0.25) is 0 Å². The molecule has 1 atom stereocenters. The van der Waals surface area contributed by atoms with Crippen LogP contribution in [-0.2, 0) is 16.0 Å². The van der Waals surface area contributed by atoms with E-state index in [1.165, 1.54) is 4.90 Å². The number of hydrogen-bond donors (Lipinski definition) is 1. The number of carbonyl (C=O) groups excluding carboxylic acids is 2. The number of aldehydes is 1. The van der Waals surface area contributed by atoms with Crippen molar-refractivity contribution in [2.24, 2.45) is 0 Å². The minimum Gasteiger partial charge on any atom is -0.480 e. The Labute approximate surface area is 165 Å². The summed E-state index contributed by atoms with van der Waals surface area (Å²) < 4.78 is 0.221. The number of carboxylic acids is 1. The first-order valence-corrected chi connectivity index (χ1v) is 9.31.